The predicted molar refractivity (Wildman–Crippen MR) is 49.8 cm³/mol. The molecule has 8 heteroatoms. The van der Waals surface area contributed by atoms with Crippen LogP contribution in [-0.2, 0) is 20.9 Å². The first-order valence-electron chi connectivity index (χ1n) is 4.58. The van der Waals surface area contributed by atoms with Gasteiger partial charge in [0, 0.05) is 0 Å². The van der Waals surface area contributed by atoms with Crippen molar-refractivity contribution in [3.63, 3.8) is 0 Å². The van der Waals surface area contributed by atoms with Crippen molar-refractivity contribution >= 4 is 17.7 Å². The van der Waals surface area contributed by atoms with Crippen molar-refractivity contribution in [3.8, 4) is 0 Å². The maximum absolute atomic E-state index is 11.7. The number of carbonyl (C=O) groups excluding carboxylic acids is 3. The second-order valence-corrected chi connectivity index (χ2v) is 3.31. The zero-order valence-electron chi connectivity index (χ0n) is 8.29. The third-order valence-electron chi connectivity index (χ3n) is 2.06. The molecule has 1 aliphatic rings. The number of piperazine rings is 1. The Balaban J connectivity index is 1.99. The van der Waals surface area contributed by atoms with Crippen molar-refractivity contribution in [2.75, 3.05) is 13.1 Å². The van der Waals surface area contributed by atoms with Gasteiger partial charge in [-0.2, -0.15) is 5.10 Å². The highest BCUT2D eigenvalue weighted by molar-refractivity contribution is 6.02. The molecular formula is C8H9N5O3. The van der Waals surface area contributed by atoms with Crippen LogP contribution in [0.4, 0.5) is 0 Å². The van der Waals surface area contributed by atoms with Gasteiger partial charge in [-0.05, 0) is 0 Å². The van der Waals surface area contributed by atoms with Crippen molar-refractivity contribution in [1.82, 2.24) is 25.0 Å². The van der Waals surface area contributed by atoms with Gasteiger partial charge in [-0.15, -0.1) is 0 Å². The molecule has 0 unspecified atom stereocenters. The Morgan fingerprint density at radius 1 is 1.38 bits per heavy atom. The normalized spacial score (nSPS) is 16.1. The molecule has 84 valence electrons. The molecule has 16 heavy (non-hydrogen) atoms. The monoisotopic (exact) mass is 223 g/mol. The van der Waals surface area contributed by atoms with E-state index in [0.717, 1.165) is 0 Å². The number of carbonyl (C=O) groups is 3. The van der Waals surface area contributed by atoms with E-state index in [0.29, 0.717) is 0 Å². The van der Waals surface area contributed by atoms with Crippen LogP contribution in [-0.4, -0.2) is 50.5 Å². The van der Waals surface area contributed by atoms with Crippen molar-refractivity contribution < 1.29 is 14.4 Å². The number of nitrogens with one attached hydrogen (secondary N) is 1. The minimum Gasteiger partial charge on any atom is -0.322 e. The molecule has 0 radical (unpaired) electrons. The maximum Gasteiger partial charge on any atom is 0.246 e. The highest BCUT2D eigenvalue weighted by atomic mass is 16.2. The summed E-state index contributed by atoms with van der Waals surface area (Å²) in [4.78, 5) is 38.6. The summed E-state index contributed by atoms with van der Waals surface area (Å²) in [5, 5.41) is 5.88. The lowest BCUT2D eigenvalue weighted by atomic mass is 10.3. The number of hydrogen-bond acceptors (Lipinski definition) is 5. The highest BCUT2D eigenvalue weighted by Gasteiger charge is 2.26. The molecule has 1 aromatic rings. The lowest BCUT2D eigenvalue weighted by Crippen LogP contribution is -2.54. The summed E-state index contributed by atoms with van der Waals surface area (Å²) in [6, 6.07) is 0. The number of rotatable bonds is 2. The van der Waals surface area contributed by atoms with Crippen LogP contribution in [0, 0.1) is 0 Å². The summed E-state index contributed by atoms with van der Waals surface area (Å²) < 4.78 is 1.33. The van der Waals surface area contributed by atoms with Crippen molar-refractivity contribution in [2.45, 2.75) is 6.54 Å². The Labute approximate surface area is 90.2 Å². The second-order valence-electron chi connectivity index (χ2n) is 3.31. The molecule has 0 bridgehead atoms. The molecule has 1 aromatic heterocycles. The maximum atomic E-state index is 11.7. The summed E-state index contributed by atoms with van der Waals surface area (Å²) >= 11 is 0. The molecular weight excluding hydrogens is 214 g/mol. The number of nitrogens with zero attached hydrogens (tertiary/aromatic N) is 4. The molecule has 0 aliphatic carbocycles. The van der Waals surface area contributed by atoms with E-state index in [-0.39, 0.29) is 25.5 Å². The number of imide groups is 1. The summed E-state index contributed by atoms with van der Waals surface area (Å²) in [6.07, 6.45) is 2.70. The largest absolute Gasteiger partial charge is 0.322 e. The van der Waals surface area contributed by atoms with E-state index in [1.807, 2.05) is 0 Å². The van der Waals surface area contributed by atoms with Crippen LogP contribution in [0.3, 0.4) is 0 Å². The molecule has 1 fully saturated rings. The van der Waals surface area contributed by atoms with Gasteiger partial charge in [0.05, 0.1) is 0 Å². The van der Waals surface area contributed by atoms with Gasteiger partial charge < -0.3 is 4.90 Å². The Bertz CT molecular complexity index is 411. The van der Waals surface area contributed by atoms with Crippen molar-refractivity contribution in [1.29, 1.82) is 0 Å². The Kier molecular flexibility index (Phi) is 2.63. The van der Waals surface area contributed by atoms with Gasteiger partial charge >= 0.3 is 0 Å². The minimum atomic E-state index is -0.469. The minimum absolute atomic E-state index is 0.0272. The average Bonchev–Trinajstić information content (AvgIpc) is 2.68. The van der Waals surface area contributed by atoms with Gasteiger partial charge in [0.25, 0.3) is 0 Å². The second kappa shape index (κ2) is 4.09. The van der Waals surface area contributed by atoms with Gasteiger partial charge in [0.2, 0.25) is 17.7 Å². The topological polar surface area (TPSA) is 97.2 Å². The van der Waals surface area contributed by atoms with E-state index in [1.54, 1.807) is 0 Å². The molecule has 1 N–H and O–H groups in total. The summed E-state index contributed by atoms with van der Waals surface area (Å²) in [7, 11) is 0. The van der Waals surface area contributed by atoms with E-state index < -0.39 is 11.8 Å². The van der Waals surface area contributed by atoms with Gasteiger partial charge in [0.15, 0.2) is 0 Å². The number of aromatic nitrogens is 3. The predicted octanol–water partition coefficient (Wildman–Crippen LogP) is -2.24. The standard InChI is InChI=1S/C8H9N5O3/c14-6-1-12(2-7(15)11-6)8(16)3-13-5-9-4-10-13/h4-5H,1-3H2,(H,11,14,15). The van der Waals surface area contributed by atoms with Crippen LogP contribution < -0.4 is 5.32 Å². The van der Waals surface area contributed by atoms with Gasteiger partial charge in [-0.25, -0.2) is 9.67 Å². The molecule has 0 atom stereocenters. The smallest absolute Gasteiger partial charge is 0.246 e. The molecule has 2 rings (SSSR count). The van der Waals surface area contributed by atoms with Crippen LogP contribution in [0.2, 0.25) is 0 Å². The van der Waals surface area contributed by atoms with Gasteiger partial charge in [-0.3, -0.25) is 19.7 Å². The Hall–Kier alpha value is -2.25. The fourth-order valence-electron chi connectivity index (χ4n) is 1.37. The number of amides is 3. The van der Waals surface area contributed by atoms with Gasteiger partial charge in [0.1, 0.15) is 32.3 Å². The van der Waals surface area contributed by atoms with Crippen LogP contribution in [0.1, 0.15) is 0 Å². The molecule has 3 amide bonds. The van der Waals surface area contributed by atoms with Crippen LogP contribution in [0.5, 0.6) is 0 Å². The van der Waals surface area contributed by atoms with Crippen LogP contribution in [0.15, 0.2) is 12.7 Å². The van der Waals surface area contributed by atoms with E-state index in [4.69, 9.17) is 0 Å². The molecule has 0 aromatic carbocycles. The van der Waals surface area contributed by atoms with Crippen molar-refractivity contribution in [3.05, 3.63) is 12.7 Å². The third-order valence-corrected chi connectivity index (χ3v) is 2.06. The average molecular weight is 223 g/mol. The highest BCUT2D eigenvalue weighted by Crippen LogP contribution is 1.97. The SMILES string of the molecule is O=C1CN(C(=O)Cn2cncn2)CC(=O)N1. The lowest BCUT2D eigenvalue weighted by Gasteiger charge is -2.25. The molecule has 0 spiro atoms. The van der Waals surface area contributed by atoms with Crippen LogP contribution in [0.25, 0.3) is 0 Å². The van der Waals surface area contributed by atoms with E-state index in [1.165, 1.54) is 22.2 Å². The van der Waals surface area contributed by atoms with E-state index >= 15 is 0 Å². The molecule has 0 saturated carbocycles. The molecule has 1 saturated heterocycles. The zero-order valence-corrected chi connectivity index (χ0v) is 8.29. The quantitative estimate of drug-likeness (QED) is 0.572. The first kappa shape index (κ1) is 10.3. The first-order chi connectivity index (χ1) is 7.65. The van der Waals surface area contributed by atoms with E-state index in [2.05, 4.69) is 15.4 Å². The summed E-state index contributed by atoms with van der Waals surface area (Å²) in [5.41, 5.74) is 0. The van der Waals surface area contributed by atoms with Crippen molar-refractivity contribution in [2.24, 2.45) is 0 Å². The zero-order chi connectivity index (χ0) is 11.5. The first-order valence-corrected chi connectivity index (χ1v) is 4.58. The fourth-order valence-corrected chi connectivity index (χ4v) is 1.37. The Morgan fingerprint density at radius 3 is 2.62 bits per heavy atom. The molecule has 1 aliphatic heterocycles. The number of hydrogen-bond donors (Lipinski definition) is 1. The molecule has 2 heterocycles. The summed E-state index contributed by atoms with van der Waals surface area (Å²) in [5.74, 6) is -1.28. The molecule has 8 nitrogen and oxygen atoms in total. The Morgan fingerprint density at radius 2 is 2.06 bits per heavy atom. The third kappa shape index (κ3) is 2.22. The summed E-state index contributed by atoms with van der Waals surface area (Å²) in [6.45, 7) is -0.223. The van der Waals surface area contributed by atoms with Crippen LogP contribution >= 0.6 is 0 Å². The van der Waals surface area contributed by atoms with Gasteiger partial charge in [-0.1, -0.05) is 0 Å². The van der Waals surface area contributed by atoms with E-state index in [9.17, 15) is 14.4 Å². The lowest BCUT2D eigenvalue weighted by molar-refractivity contribution is -0.145. The fraction of sp³-hybridized carbons (Fsp3) is 0.375.